The van der Waals surface area contributed by atoms with E-state index in [1.54, 1.807) is 0 Å². The van der Waals surface area contributed by atoms with Gasteiger partial charge in [-0.15, -0.1) is 6.26 Å². The van der Waals surface area contributed by atoms with Crippen LogP contribution in [0.15, 0.2) is 63.1 Å². The molecule has 3 saturated carbocycles. The van der Waals surface area contributed by atoms with Gasteiger partial charge in [-0.05, 0) is 128 Å². The van der Waals surface area contributed by atoms with Gasteiger partial charge >= 0.3 is 0 Å². The van der Waals surface area contributed by atoms with Gasteiger partial charge in [0.1, 0.15) is 24.1 Å². The van der Waals surface area contributed by atoms with Crippen LogP contribution in [0.5, 0.6) is 0 Å². The first-order valence-electron chi connectivity index (χ1n) is 23.9. The van der Waals surface area contributed by atoms with Crippen LogP contribution < -0.4 is 10.0 Å². The zero-order valence-electron chi connectivity index (χ0n) is 38.7. The van der Waals surface area contributed by atoms with E-state index in [1.165, 1.54) is 10.5 Å². The number of quaternary nitrogens is 1. The highest BCUT2D eigenvalue weighted by molar-refractivity contribution is 6.02. The Morgan fingerprint density at radius 2 is 1.73 bits per heavy atom. The van der Waals surface area contributed by atoms with E-state index >= 15 is 4.79 Å². The molecule has 1 aromatic carbocycles. The normalized spacial score (nSPS) is 41.6. The predicted octanol–water partition coefficient (Wildman–Crippen LogP) is 6.50. The number of hydrogen-bond acceptors (Lipinski definition) is 8. The summed E-state index contributed by atoms with van der Waals surface area (Å²) in [5, 5.41) is 39.0. The first-order chi connectivity index (χ1) is 29.2. The molecule has 5 fully saturated rings. The third-order valence-electron chi connectivity index (χ3n) is 19.2. The topological polar surface area (TPSA) is 136 Å². The van der Waals surface area contributed by atoms with E-state index in [-0.39, 0.29) is 35.1 Å². The Kier molecular flexibility index (Phi) is 9.75. The monoisotopic (exact) mass is 847 g/mol. The number of aliphatic hydroxyl groups is 2. The standard InChI is InChI=1S/C53H70N2O7/c1-29-20-32(30-13-18-61-19-14-30)22-33(21-29)36(28-56)34-26-55-27-35-41-42(50(6,23-38(58)47-49(4,5)62-47)15-10-31-25-54-43(34)44(31)55)37(57)24-53(41,9)52(8)17-11-39-48(2,3)40(59)12-16-51(39,7)46(52)45(35)60/h20-22,25,28,30,35,38-39,45-47,56,58,60H,10-19,23-24,26-27H2,1-9H3/t35-,38-,39+,45-,46+,47+,50+,51+,52+,53+/m1/s1. The minimum Gasteiger partial charge on any atom is -0.877 e. The lowest BCUT2D eigenvalue weighted by molar-refractivity contribution is -0.852. The molecule has 0 bridgehead atoms. The van der Waals surface area contributed by atoms with Crippen LogP contribution in [-0.4, -0.2) is 78.2 Å². The first-order valence-corrected chi connectivity index (χ1v) is 23.9. The maximum absolute atomic E-state index is 15.3. The van der Waals surface area contributed by atoms with Crippen molar-refractivity contribution in [1.82, 2.24) is 0 Å². The van der Waals surface area contributed by atoms with Crippen molar-refractivity contribution in [3.63, 3.8) is 0 Å². The molecule has 5 heterocycles. The van der Waals surface area contributed by atoms with Gasteiger partial charge in [0.15, 0.2) is 11.5 Å². The van der Waals surface area contributed by atoms with Crippen LogP contribution in [0, 0.1) is 51.8 Å². The zero-order chi connectivity index (χ0) is 44.1. The van der Waals surface area contributed by atoms with Crippen molar-refractivity contribution in [2.45, 2.75) is 156 Å². The molecule has 9 aliphatic rings. The maximum Gasteiger partial charge on any atom is 0.162 e. The van der Waals surface area contributed by atoms with Crippen LogP contribution in [0.1, 0.15) is 142 Å². The summed E-state index contributed by atoms with van der Waals surface area (Å²) in [5.74, 6) is 0.485. The fourth-order valence-electron chi connectivity index (χ4n) is 16.0. The van der Waals surface area contributed by atoms with Crippen LogP contribution in [0.2, 0.25) is 0 Å². The fourth-order valence-corrected chi connectivity index (χ4v) is 16.0. The molecule has 0 spiro atoms. The summed E-state index contributed by atoms with van der Waals surface area (Å²) < 4.78 is 11.7. The number of carbonyl (C=O) groups excluding carboxylic acids is 2. The molecule has 11 atom stereocenters. The second kappa shape index (κ2) is 14.1. The van der Waals surface area contributed by atoms with Crippen molar-refractivity contribution in [2.24, 2.45) is 49.8 Å². The average molecular weight is 847 g/mol. The Hall–Kier alpha value is -3.21. The highest BCUT2D eigenvalue weighted by Crippen LogP contribution is 2.75. The van der Waals surface area contributed by atoms with E-state index in [2.05, 4.69) is 66.7 Å². The largest absolute Gasteiger partial charge is 0.877 e. The van der Waals surface area contributed by atoms with Crippen molar-refractivity contribution >= 4 is 23.4 Å². The van der Waals surface area contributed by atoms with E-state index in [1.807, 2.05) is 20.1 Å². The number of fused-ring (bicyclic) bond motifs is 4. The number of nitrogens with one attached hydrogen (secondary N) is 1. The third kappa shape index (κ3) is 5.99. The zero-order valence-corrected chi connectivity index (χ0v) is 38.7. The van der Waals surface area contributed by atoms with E-state index in [9.17, 15) is 20.1 Å². The van der Waals surface area contributed by atoms with Gasteiger partial charge < -0.3 is 24.8 Å². The Labute approximate surface area is 368 Å². The van der Waals surface area contributed by atoms with Gasteiger partial charge in [0.05, 0.1) is 30.3 Å². The van der Waals surface area contributed by atoms with E-state index in [0.29, 0.717) is 62.5 Å². The second-order valence-electron chi connectivity index (χ2n) is 23.4. The first kappa shape index (κ1) is 42.7. The number of benzene rings is 1. The average Bonchev–Trinajstić information content (AvgIpc) is 3.46. The molecule has 3 N–H and O–H groups in total. The molecule has 9 heteroatoms. The summed E-state index contributed by atoms with van der Waals surface area (Å²) in [4.78, 5) is 35.2. The minimum atomic E-state index is -0.764. The lowest BCUT2D eigenvalue weighted by Crippen LogP contribution is -3.10. The van der Waals surface area contributed by atoms with Crippen LogP contribution >= 0.6 is 0 Å². The summed E-state index contributed by atoms with van der Waals surface area (Å²) in [5.41, 5.74) is 7.09. The number of ether oxygens (including phenoxy) is 2. The fraction of sp³-hybridized carbons (Fsp3) is 0.679. The predicted molar refractivity (Wildman–Crippen MR) is 237 cm³/mol. The lowest BCUT2D eigenvalue weighted by atomic mass is 9.34. The molecule has 5 aliphatic heterocycles. The molecule has 0 aromatic heterocycles. The number of carbonyl (C=O) groups is 2. The van der Waals surface area contributed by atoms with Crippen molar-refractivity contribution in [3.8, 4) is 0 Å². The molecule has 10 rings (SSSR count). The number of aryl methyl sites for hydroxylation is 1. The van der Waals surface area contributed by atoms with Crippen LogP contribution in [0.3, 0.4) is 0 Å². The molecule has 1 aromatic rings. The van der Waals surface area contributed by atoms with Crippen molar-refractivity contribution in [3.05, 3.63) is 74.8 Å². The molecule has 1 unspecified atom stereocenters. The second-order valence-corrected chi connectivity index (χ2v) is 23.4. The number of aliphatic imine (C=N–C) groups is 1. The van der Waals surface area contributed by atoms with E-state index in [0.717, 1.165) is 96.4 Å². The van der Waals surface area contributed by atoms with Crippen molar-refractivity contribution in [2.75, 3.05) is 26.3 Å². The third-order valence-corrected chi connectivity index (χ3v) is 19.2. The van der Waals surface area contributed by atoms with Crippen molar-refractivity contribution < 1.29 is 39.3 Å². The Bertz CT molecular complexity index is 2290. The van der Waals surface area contributed by atoms with Gasteiger partial charge in [-0.2, -0.15) is 0 Å². The number of allylic oxidation sites excluding steroid dienone is 2. The molecule has 4 aliphatic carbocycles. The van der Waals surface area contributed by atoms with Crippen LogP contribution in [0.4, 0.5) is 0 Å². The van der Waals surface area contributed by atoms with E-state index < -0.39 is 39.5 Å². The Morgan fingerprint density at radius 3 is 2.42 bits per heavy atom. The molecule has 9 nitrogen and oxygen atoms in total. The number of epoxide rings is 1. The van der Waals surface area contributed by atoms with Gasteiger partial charge in [-0.25, -0.2) is 4.99 Å². The van der Waals surface area contributed by atoms with Crippen molar-refractivity contribution in [1.29, 1.82) is 0 Å². The number of ketones is 2. The summed E-state index contributed by atoms with van der Waals surface area (Å²) >= 11 is 0. The van der Waals surface area contributed by atoms with Gasteiger partial charge in [0, 0.05) is 59.8 Å². The highest BCUT2D eigenvalue weighted by Gasteiger charge is 2.73. The number of aliphatic hydroxyl groups excluding tert-OH is 2. The van der Waals surface area contributed by atoms with Gasteiger partial charge in [0.2, 0.25) is 0 Å². The van der Waals surface area contributed by atoms with Gasteiger partial charge in [0.25, 0.3) is 0 Å². The minimum absolute atomic E-state index is 0.123. The summed E-state index contributed by atoms with van der Waals surface area (Å²) in [6, 6.07) is 6.60. The molecular weight excluding hydrogens is 777 g/mol. The van der Waals surface area contributed by atoms with Crippen LogP contribution in [0.25, 0.3) is 5.57 Å². The molecular formula is C53H70N2O7. The van der Waals surface area contributed by atoms with Crippen LogP contribution in [-0.2, 0) is 19.1 Å². The van der Waals surface area contributed by atoms with Gasteiger partial charge in [-0.3, -0.25) is 14.5 Å². The quantitative estimate of drug-likeness (QED) is 0.220. The number of nitrogens with zero attached hydrogens (tertiary/aromatic N) is 1. The Balaban J connectivity index is 1.12. The lowest BCUT2D eigenvalue weighted by Gasteiger charge is -2.70. The molecule has 0 amide bonds. The molecule has 334 valence electrons. The number of hydrogen-bond donors (Lipinski definition) is 3. The smallest absolute Gasteiger partial charge is 0.162 e. The highest BCUT2D eigenvalue weighted by atomic mass is 16.6. The Morgan fingerprint density at radius 1 is 1.00 bits per heavy atom. The molecule has 62 heavy (non-hydrogen) atoms. The number of Topliss-reactive ketones (excluding diaryl/α,β-unsaturated/α-hetero) is 2. The molecule has 0 radical (unpaired) electrons. The maximum atomic E-state index is 15.3. The molecule has 2 saturated heterocycles. The van der Waals surface area contributed by atoms with E-state index in [4.69, 9.17) is 14.5 Å². The summed E-state index contributed by atoms with van der Waals surface area (Å²) in [6.07, 6.45) is 8.15. The SMILES string of the molecule is Cc1cc(C(=C[O-])C2=C3N=CC4=C3[NH+](C2)C[C@@H]2C3=C(C(=O)C[C@]3(C)[C@@]3(C)CC[C@H]5C(C)(C)C(=O)CC[C@]5(C)[C@@H]3[C@@H]2O)[C@](C)(C[C@@H](O)[C@@H]2OC2(C)C)CC4)cc(C2CCOCC2)c1. The summed E-state index contributed by atoms with van der Waals surface area (Å²) in [7, 11) is 0. The van der Waals surface area contributed by atoms with Gasteiger partial charge in [-0.1, -0.05) is 65.3 Å². The summed E-state index contributed by atoms with van der Waals surface area (Å²) in [6.45, 7) is 22.2. The number of rotatable bonds is 6.